The first kappa shape index (κ1) is 21.2. The number of hydroxylamine groups is 1. The molecule has 1 amide bonds. The average molecular weight is 424 g/mol. The molecule has 0 saturated carbocycles. The fourth-order valence-corrected chi connectivity index (χ4v) is 4.83. The summed E-state index contributed by atoms with van der Waals surface area (Å²) in [5.41, 5.74) is 2.17. The smallest absolute Gasteiger partial charge is 0.264 e. The predicted molar refractivity (Wildman–Crippen MR) is 100 cm³/mol. The number of carbonyl (C=O) groups excluding carboxylic acids is 1. The quantitative estimate of drug-likeness (QED) is 0.477. The summed E-state index contributed by atoms with van der Waals surface area (Å²) < 4.78 is 45.3. The van der Waals surface area contributed by atoms with E-state index < -0.39 is 28.1 Å². The van der Waals surface area contributed by atoms with Gasteiger partial charge in [0.25, 0.3) is 5.91 Å². The number of benzene rings is 2. The summed E-state index contributed by atoms with van der Waals surface area (Å²) in [4.78, 5) is 11.8. The standard InChI is InChI=1S/C19H21FN2O6S/c20-14-5-3-13(4-6-14)12-28-15-7-9-16(10-8-15)29(26,27)22-11-1-2-17(23)18(22)19(24)21-25/h3-10,17-18,23,25H,1-2,11-12H2,(H,21,24). The molecule has 0 bridgehead atoms. The third kappa shape index (κ3) is 4.73. The molecular formula is C19H21FN2O6S. The molecule has 10 heteroatoms. The molecule has 1 fully saturated rings. The highest BCUT2D eigenvalue weighted by Crippen LogP contribution is 2.27. The number of halogens is 1. The molecule has 1 heterocycles. The first-order chi connectivity index (χ1) is 13.8. The molecule has 3 N–H and O–H groups in total. The molecule has 0 aliphatic carbocycles. The SMILES string of the molecule is O=C(NO)C1C(O)CCCN1S(=O)(=O)c1ccc(OCc2ccc(F)cc2)cc1. The lowest BCUT2D eigenvalue weighted by Gasteiger charge is -2.36. The summed E-state index contributed by atoms with van der Waals surface area (Å²) in [6, 6.07) is 10.0. The largest absolute Gasteiger partial charge is 0.489 e. The highest BCUT2D eigenvalue weighted by Gasteiger charge is 2.42. The number of carbonyl (C=O) groups is 1. The summed E-state index contributed by atoms with van der Waals surface area (Å²) in [5.74, 6) is -0.920. The van der Waals surface area contributed by atoms with E-state index in [1.54, 1.807) is 12.1 Å². The number of hydrogen-bond donors (Lipinski definition) is 3. The van der Waals surface area contributed by atoms with Crippen molar-refractivity contribution in [3.05, 3.63) is 59.9 Å². The van der Waals surface area contributed by atoms with Gasteiger partial charge in [-0.15, -0.1) is 0 Å². The number of ether oxygens (including phenoxy) is 1. The van der Waals surface area contributed by atoms with E-state index in [0.29, 0.717) is 12.2 Å². The van der Waals surface area contributed by atoms with Gasteiger partial charge in [0, 0.05) is 6.54 Å². The van der Waals surface area contributed by atoms with Gasteiger partial charge in [-0.3, -0.25) is 10.0 Å². The van der Waals surface area contributed by atoms with Gasteiger partial charge in [0.05, 0.1) is 11.0 Å². The van der Waals surface area contributed by atoms with Crippen molar-refractivity contribution in [2.24, 2.45) is 0 Å². The number of amides is 1. The van der Waals surface area contributed by atoms with Crippen molar-refractivity contribution >= 4 is 15.9 Å². The Hall–Kier alpha value is -2.53. The van der Waals surface area contributed by atoms with Crippen LogP contribution in [-0.2, 0) is 21.4 Å². The Kier molecular flexibility index (Phi) is 6.48. The number of aliphatic hydroxyl groups is 1. The molecule has 156 valence electrons. The highest BCUT2D eigenvalue weighted by atomic mass is 32.2. The van der Waals surface area contributed by atoms with Gasteiger partial charge >= 0.3 is 0 Å². The zero-order chi connectivity index (χ0) is 21.0. The summed E-state index contributed by atoms with van der Waals surface area (Å²) in [6.45, 7) is 0.226. The molecule has 29 heavy (non-hydrogen) atoms. The third-order valence-corrected chi connectivity index (χ3v) is 6.58. The van der Waals surface area contributed by atoms with E-state index in [-0.39, 0.29) is 30.3 Å². The maximum absolute atomic E-state index is 13.0. The van der Waals surface area contributed by atoms with Crippen LogP contribution >= 0.6 is 0 Å². The van der Waals surface area contributed by atoms with E-state index in [0.717, 1.165) is 9.87 Å². The number of piperidine rings is 1. The van der Waals surface area contributed by atoms with Crippen LogP contribution in [0.4, 0.5) is 4.39 Å². The van der Waals surface area contributed by atoms with E-state index in [1.807, 2.05) is 0 Å². The predicted octanol–water partition coefficient (Wildman–Crippen LogP) is 1.42. The zero-order valence-corrected chi connectivity index (χ0v) is 16.2. The molecule has 1 aliphatic rings. The third-order valence-electron chi connectivity index (χ3n) is 4.68. The van der Waals surface area contributed by atoms with Crippen molar-refractivity contribution in [2.75, 3.05) is 6.54 Å². The lowest BCUT2D eigenvalue weighted by Crippen LogP contribution is -2.57. The van der Waals surface area contributed by atoms with Gasteiger partial charge in [-0.1, -0.05) is 12.1 Å². The number of nitrogens with one attached hydrogen (secondary N) is 1. The number of nitrogens with zero attached hydrogens (tertiary/aromatic N) is 1. The molecular weight excluding hydrogens is 403 g/mol. The van der Waals surface area contributed by atoms with Gasteiger partial charge in [-0.25, -0.2) is 18.3 Å². The highest BCUT2D eigenvalue weighted by molar-refractivity contribution is 7.89. The molecule has 2 aromatic rings. The van der Waals surface area contributed by atoms with Crippen molar-refractivity contribution in [1.82, 2.24) is 9.79 Å². The summed E-state index contributed by atoms with van der Waals surface area (Å²) >= 11 is 0. The van der Waals surface area contributed by atoms with Crippen LogP contribution in [-0.4, -0.2) is 47.6 Å². The van der Waals surface area contributed by atoms with E-state index in [1.165, 1.54) is 41.9 Å². The van der Waals surface area contributed by atoms with Crippen LogP contribution in [0.3, 0.4) is 0 Å². The number of hydrogen-bond acceptors (Lipinski definition) is 6. The summed E-state index contributed by atoms with van der Waals surface area (Å²) in [6.07, 6.45) is -0.585. The van der Waals surface area contributed by atoms with Crippen LogP contribution < -0.4 is 10.2 Å². The second-order valence-corrected chi connectivity index (χ2v) is 8.52. The van der Waals surface area contributed by atoms with Crippen LogP contribution in [0.15, 0.2) is 53.4 Å². The molecule has 2 unspecified atom stereocenters. The molecule has 0 spiro atoms. The second kappa shape index (κ2) is 8.87. The molecule has 3 rings (SSSR count). The number of aliphatic hydroxyl groups excluding tert-OH is 1. The van der Waals surface area contributed by atoms with Crippen molar-refractivity contribution in [3.63, 3.8) is 0 Å². The first-order valence-corrected chi connectivity index (χ1v) is 10.4. The minimum Gasteiger partial charge on any atom is -0.489 e. The molecule has 0 aromatic heterocycles. The molecule has 1 saturated heterocycles. The van der Waals surface area contributed by atoms with Crippen LogP contribution in [0.2, 0.25) is 0 Å². The zero-order valence-electron chi connectivity index (χ0n) is 15.4. The van der Waals surface area contributed by atoms with Gasteiger partial charge < -0.3 is 9.84 Å². The fraction of sp³-hybridized carbons (Fsp3) is 0.316. The molecule has 2 aromatic carbocycles. The van der Waals surface area contributed by atoms with Crippen molar-refractivity contribution in [1.29, 1.82) is 0 Å². The maximum atomic E-state index is 13.0. The van der Waals surface area contributed by atoms with E-state index in [2.05, 4.69) is 0 Å². The Morgan fingerprint density at radius 3 is 2.45 bits per heavy atom. The lowest BCUT2D eigenvalue weighted by atomic mass is 10.0. The van der Waals surface area contributed by atoms with Crippen molar-refractivity contribution in [2.45, 2.75) is 36.5 Å². The van der Waals surface area contributed by atoms with Gasteiger partial charge in [0.2, 0.25) is 10.0 Å². The minimum absolute atomic E-state index is 0.0420. The monoisotopic (exact) mass is 424 g/mol. The molecule has 8 nitrogen and oxygen atoms in total. The number of sulfonamides is 1. The normalized spacial score (nSPS) is 20.2. The van der Waals surface area contributed by atoms with Crippen LogP contribution in [0.25, 0.3) is 0 Å². The molecule has 1 aliphatic heterocycles. The Morgan fingerprint density at radius 1 is 1.17 bits per heavy atom. The van der Waals surface area contributed by atoms with Gasteiger partial charge in [0.1, 0.15) is 24.2 Å². The fourth-order valence-electron chi connectivity index (χ4n) is 3.18. The Morgan fingerprint density at radius 2 is 1.83 bits per heavy atom. The van der Waals surface area contributed by atoms with Crippen molar-refractivity contribution in [3.8, 4) is 5.75 Å². The Balaban J connectivity index is 1.75. The first-order valence-electron chi connectivity index (χ1n) is 8.94. The topological polar surface area (TPSA) is 116 Å². The van der Waals surface area contributed by atoms with Gasteiger partial charge in [-0.2, -0.15) is 4.31 Å². The maximum Gasteiger partial charge on any atom is 0.264 e. The second-order valence-electron chi connectivity index (χ2n) is 6.63. The Labute approximate surface area is 167 Å². The average Bonchev–Trinajstić information content (AvgIpc) is 2.73. The van der Waals surface area contributed by atoms with Crippen molar-refractivity contribution < 1.29 is 32.7 Å². The van der Waals surface area contributed by atoms with E-state index in [4.69, 9.17) is 9.94 Å². The van der Waals surface area contributed by atoms with E-state index >= 15 is 0 Å². The minimum atomic E-state index is -4.08. The summed E-state index contributed by atoms with van der Waals surface area (Å²) in [7, 11) is -4.08. The summed E-state index contributed by atoms with van der Waals surface area (Å²) in [5, 5.41) is 19.0. The molecule has 0 radical (unpaired) electrons. The van der Waals surface area contributed by atoms with Gasteiger partial charge in [0.15, 0.2) is 0 Å². The van der Waals surface area contributed by atoms with E-state index in [9.17, 15) is 22.7 Å². The number of rotatable bonds is 6. The van der Waals surface area contributed by atoms with Crippen LogP contribution in [0, 0.1) is 5.82 Å². The van der Waals surface area contributed by atoms with Gasteiger partial charge in [-0.05, 0) is 54.8 Å². The lowest BCUT2D eigenvalue weighted by molar-refractivity contribution is -0.138. The van der Waals surface area contributed by atoms with Crippen LogP contribution in [0.5, 0.6) is 5.75 Å². The Bertz CT molecular complexity index is 950. The molecule has 2 atom stereocenters. The van der Waals surface area contributed by atoms with Crippen LogP contribution in [0.1, 0.15) is 18.4 Å².